The van der Waals surface area contributed by atoms with Gasteiger partial charge in [-0.2, -0.15) is 0 Å². The van der Waals surface area contributed by atoms with Gasteiger partial charge in [-0.25, -0.2) is 0 Å². The van der Waals surface area contributed by atoms with Crippen LogP contribution < -0.4 is 10.6 Å². The van der Waals surface area contributed by atoms with Crippen LogP contribution >= 0.6 is 11.3 Å². The summed E-state index contributed by atoms with van der Waals surface area (Å²) in [6, 6.07) is 4.60. The van der Waals surface area contributed by atoms with E-state index in [4.69, 9.17) is 4.74 Å². The molecular weight excluding hydrogens is 386 g/mol. The van der Waals surface area contributed by atoms with Crippen LogP contribution in [0.5, 0.6) is 0 Å². The Morgan fingerprint density at radius 1 is 1.31 bits per heavy atom. The largest absolute Gasteiger partial charge is 0.379 e. The van der Waals surface area contributed by atoms with Crippen molar-refractivity contribution in [2.45, 2.75) is 31.7 Å². The molecule has 1 saturated heterocycles. The summed E-state index contributed by atoms with van der Waals surface area (Å²) >= 11 is 1.79. The van der Waals surface area contributed by atoms with Gasteiger partial charge in [-0.1, -0.05) is 18.9 Å². The van der Waals surface area contributed by atoms with E-state index in [9.17, 15) is 4.79 Å². The quantitative estimate of drug-likeness (QED) is 0.520. The van der Waals surface area contributed by atoms with Gasteiger partial charge in [0.1, 0.15) is 0 Å². The second kappa shape index (κ2) is 10.4. The molecule has 1 amide bonds. The van der Waals surface area contributed by atoms with Crippen molar-refractivity contribution in [1.82, 2.24) is 20.4 Å². The SMILES string of the molecule is CN=C(NCC(c1cccs1)N1CCOCC1)NCC1(C(=O)N(C)C)CCCC1. The minimum atomic E-state index is -0.307. The third-order valence-electron chi connectivity index (χ3n) is 6.06. The summed E-state index contributed by atoms with van der Waals surface area (Å²) in [4.78, 5) is 22.8. The fourth-order valence-electron chi connectivity index (χ4n) is 4.44. The summed E-state index contributed by atoms with van der Waals surface area (Å²) in [6.07, 6.45) is 4.12. The topological polar surface area (TPSA) is 69.2 Å². The second-order valence-electron chi connectivity index (χ2n) is 8.17. The van der Waals surface area contributed by atoms with Crippen molar-refractivity contribution in [3.63, 3.8) is 0 Å². The van der Waals surface area contributed by atoms with Crippen LogP contribution in [0.15, 0.2) is 22.5 Å². The summed E-state index contributed by atoms with van der Waals surface area (Å²) in [6.45, 7) is 4.85. The first-order valence-corrected chi connectivity index (χ1v) is 11.5. The van der Waals surface area contributed by atoms with E-state index < -0.39 is 0 Å². The molecule has 8 heteroatoms. The fraction of sp³-hybridized carbons (Fsp3) is 0.714. The third kappa shape index (κ3) is 5.49. The van der Waals surface area contributed by atoms with Crippen LogP contribution in [0.4, 0.5) is 0 Å². The molecule has 2 aliphatic rings. The van der Waals surface area contributed by atoms with Crippen molar-refractivity contribution in [3.05, 3.63) is 22.4 Å². The molecule has 1 unspecified atom stereocenters. The van der Waals surface area contributed by atoms with Crippen LogP contribution in [0.25, 0.3) is 0 Å². The average Bonchev–Trinajstić information content (AvgIpc) is 3.43. The minimum Gasteiger partial charge on any atom is -0.379 e. The molecule has 0 spiro atoms. The Kier molecular flexibility index (Phi) is 7.91. The van der Waals surface area contributed by atoms with E-state index in [-0.39, 0.29) is 11.3 Å². The predicted molar refractivity (Wildman–Crippen MR) is 118 cm³/mol. The molecule has 1 aliphatic heterocycles. The molecule has 2 fully saturated rings. The lowest BCUT2D eigenvalue weighted by molar-refractivity contribution is -0.138. The molecule has 1 aromatic rings. The van der Waals surface area contributed by atoms with Crippen LogP contribution in [-0.2, 0) is 9.53 Å². The van der Waals surface area contributed by atoms with Gasteiger partial charge in [0.05, 0.1) is 24.7 Å². The van der Waals surface area contributed by atoms with Gasteiger partial charge in [-0.05, 0) is 24.3 Å². The van der Waals surface area contributed by atoms with Crippen molar-refractivity contribution in [1.29, 1.82) is 0 Å². The Bertz CT molecular complexity index is 665. The molecule has 3 rings (SSSR count). The third-order valence-corrected chi connectivity index (χ3v) is 7.03. The molecule has 1 aromatic heterocycles. The highest BCUT2D eigenvalue weighted by Crippen LogP contribution is 2.38. The number of rotatable bonds is 7. The normalized spacial score (nSPS) is 21.0. The first-order chi connectivity index (χ1) is 14.1. The van der Waals surface area contributed by atoms with Crippen molar-refractivity contribution >= 4 is 23.2 Å². The second-order valence-corrected chi connectivity index (χ2v) is 9.15. The molecular formula is C21H35N5O2S. The molecule has 1 saturated carbocycles. The predicted octanol–water partition coefficient (Wildman–Crippen LogP) is 1.94. The molecule has 0 bridgehead atoms. The van der Waals surface area contributed by atoms with E-state index in [1.165, 1.54) is 4.88 Å². The number of nitrogens with zero attached hydrogens (tertiary/aromatic N) is 3. The van der Waals surface area contributed by atoms with Gasteiger partial charge in [-0.3, -0.25) is 14.7 Å². The number of amides is 1. The van der Waals surface area contributed by atoms with Crippen LogP contribution in [0.2, 0.25) is 0 Å². The van der Waals surface area contributed by atoms with Gasteiger partial charge in [0, 0.05) is 52.2 Å². The summed E-state index contributed by atoms with van der Waals surface area (Å²) in [5.41, 5.74) is -0.307. The molecule has 1 aliphatic carbocycles. The molecule has 0 aromatic carbocycles. The molecule has 29 heavy (non-hydrogen) atoms. The zero-order chi connectivity index (χ0) is 20.7. The van der Waals surface area contributed by atoms with Gasteiger partial charge < -0.3 is 20.3 Å². The Hall–Kier alpha value is -1.64. The number of carbonyl (C=O) groups is 1. The summed E-state index contributed by atoms with van der Waals surface area (Å²) in [5, 5.41) is 9.08. The van der Waals surface area contributed by atoms with Crippen LogP contribution in [0, 0.1) is 5.41 Å². The lowest BCUT2D eigenvalue weighted by Crippen LogP contribution is -2.50. The summed E-state index contributed by atoms with van der Waals surface area (Å²) < 4.78 is 5.53. The van der Waals surface area contributed by atoms with E-state index in [1.807, 2.05) is 14.1 Å². The average molecular weight is 422 g/mol. The molecule has 2 heterocycles. The van der Waals surface area contributed by atoms with Crippen molar-refractivity contribution in [2.75, 3.05) is 60.5 Å². The highest BCUT2D eigenvalue weighted by molar-refractivity contribution is 7.10. The van der Waals surface area contributed by atoms with Crippen molar-refractivity contribution in [2.24, 2.45) is 10.4 Å². The van der Waals surface area contributed by atoms with E-state index in [1.54, 1.807) is 23.3 Å². The first kappa shape index (κ1) is 22.1. The zero-order valence-corrected chi connectivity index (χ0v) is 18.8. The maximum atomic E-state index is 12.8. The van der Waals surface area contributed by atoms with E-state index in [0.717, 1.165) is 64.5 Å². The van der Waals surface area contributed by atoms with Gasteiger partial charge in [0.25, 0.3) is 0 Å². The molecule has 7 nitrogen and oxygen atoms in total. The summed E-state index contributed by atoms with van der Waals surface area (Å²) in [7, 11) is 5.49. The summed E-state index contributed by atoms with van der Waals surface area (Å²) in [5.74, 6) is 0.986. The Labute approximate surface area is 178 Å². The number of hydrogen-bond acceptors (Lipinski definition) is 5. The fourth-order valence-corrected chi connectivity index (χ4v) is 5.30. The highest BCUT2D eigenvalue weighted by Gasteiger charge is 2.42. The number of morpholine rings is 1. The monoisotopic (exact) mass is 421 g/mol. The minimum absolute atomic E-state index is 0.225. The van der Waals surface area contributed by atoms with E-state index in [0.29, 0.717) is 12.6 Å². The number of ether oxygens (including phenoxy) is 1. The smallest absolute Gasteiger partial charge is 0.230 e. The molecule has 1 atom stereocenters. The number of carbonyl (C=O) groups excluding carboxylic acids is 1. The maximum absolute atomic E-state index is 12.8. The molecule has 0 radical (unpaired) electrons. The number of aliphatic imine (C=N–C) groups is 1. The molecule has 2 N–H and O–H groups in total. The number of guanidine groups is 1. The van der Waals surface area contributed by atoms with Crippen LogP contribution in [0.3, 0.4) is 0 Å². The van der Waals surface area contributed by atoms with Crippen molar-refractivity contribution in [3.8, 4) is 0 Å². The van der Waals surface area contributed by atoms with E-state index in [2.05, 4.69) is 38.0 Å². The highest BCUT2D eigenvalue weighted by atomic mass is 32.1. The van der Waals surface area contributed by atoms with Gasteiger partial charge in [0.15, 0.2) is 5.96 Å². The zero-order valence-electron chi connectivity index (χ0n) is 17.9. The van der Waals surface area contributed by atoms with Gasteiger partial charge in [-0.15, -0.1) is 11.3 Å². The number of thiophene rings is 1. The molecule has 162 valence electrons. The van der Waals surface area contributed by atoms with Gasteiger partial charge >= 0.3 is 0 Å². The maximum Gasteiger partial charge on any atom is 0.230 e. The first-order valence-electron chi connectivity index (χ1n) is 10.6. The lowest BCUT2D eigenvalue weighted by Gasteiger charge is -2.35. The van der Waals surface area contributed by atoms with Gasteiger partial charge in [0.2, 0.25) is 5.91 Å². The standard InChI is InChI=1S/C21H35N5O2S/c1-22-20(24-16-21(8-4-5-9-21)19(27)25(2)3)23-15-17(18-7-6-14-29-18)26-10-12-28-13-11-26/h6-7,14,17H,4-5,8-13,15-16H2,1-3H3,(H2,22,23,24). The van der Waals surface area contributed by atoms with Crippen LogP contribution in [0.1, 0.15) is 36.6 Å². The Morgan fingerprint density at radius 3 is 2.62 bits per heavy atom. The Morgan fingerprint density at radius 2 is 2.03 bits per heavy atom. The number of nitrogens with one attached hydrogen (secondary N) is 2. The van der Waals surface area contributed by atoms with Crippen LogP contribution in [-0.4, -0.2) is 82.2 Å². The van der Waals surface area contributed by atoms with Crippen molar-refractivity contribution < 1.29 is 9.53 Å². The lowest BCUT2D eigenvalue weighted by atomic mass is 9.84. The Balaban J connectivity index is 1.60. The number of hydrogen-bond donors (Lipinski definition) is 2. The van der Waals surface area contributed by atoms with E-state index >= 15 is 0 Å².